The molecular weight excluding hydrogens is 309 g/mol. The number of hydrogen-bond donors (Lipinski definition) is 0. The molecule has 1 aromatic rings. The van der Waals surface area contributed by atoms with Crippen LogP contribution in [-0.2, 0) is 14.8 Å². The van der Waals surface area contributed by atoms with Crippen LogP contribution in [0, 0.1) is 0 Å². The van der Waals surface area contributed by atoms with Crippen LogP contribution in [0.3, 0.4) is 0 Å². The third-order valence-corrected chi connectivity index (χ3v) is 5.11. The molecule has 1 saturated heterocycles. The van der Waals surface area contributed by atoms with Crippen LogP contribution in [0.4, 0.5) is 0 Å². The van der Waals surface area contributed by atoms with Gasteiger partial charge in [-0.05, 0) is 32.0 Å². The number of rotatable bonds is 2. The Morgan fingerprint density at radius 1 is 1.11 bits per heavy atom. The molecule has 2 unspecified atom stereocenters. The Bertz CT molecular complexity index is 546. The maximum absolute atomic E-state index is 12.5. The lowest BCUT2D eigenvalue weighted by Gasteiger charge is -2.34. The highest BCUT2D eigenvalue weighted by Gasteiger charge is 2.32. The summed E-state index contributed by atoms with van der Waals surface area (Å²) in [5, 5.41) is 0.612. The van der Waals surface area contributed by atoms with Crippen molar-refractivity contribution in [2.45, 2.75) is 31.0 Å². The number of ether oxygens (including phenoxy) is 1. The summed E-state index contributed by atoms with van der Waals surface area (Å²) in [6, 6.07) is 4.33. The number of benzene rings is 1. The summed E-state index contributed by atoms with van der Waals surface area (Å²) in [6.07, 6.45) is -0.263. The largest absolute Gasteiger partial charge is 0.373 e. The maximum Gasteiger partial charge on any atom is 0.243 e. The highest BCUT2D eigenvalue weighted by molar-refractivity contribution is 7.89. The van der Waals surface area contributed by atoms with E-state index in [0.717, 1.165) is 0 Å². The van der Waals surface area contributed by atoms with Crippen molar-refractivity contribution in [3.63, 3.8) is 0 Å². The van der Waals surface area contributed by atoms with Crippen LogP contribution in [0.2, 0.25) is 10.0 Å². The minimum absolute atomic E-state index is 0.117. The second-order valence-corrected chi connectivity index (χ2v) is 7.50. The molecule has 106 valence electrons. The van der Waals surface area contributed by atoms with Gasteiger partial charge in [0, 0.05) is 23.1 Å². The van der Waals surface area contributed by atoms with Gasteiger partial charge in [-0.25, -0.2) is 8.42 Å². The lowest BCUT2D eigenvalue weighted by Crippen LogP contribution is -2.48. The molecule has 0 aromatic heterocycles. The van der Waals surface area contributed by atoms with Crippen molar-refractivity contribution >= 4 is 33.2 Å². The fraction of sp³-hybridized carbons (Fsp3) is 0.500. The average molecular weight is 324 g/mol. The Balaban J connectivity index is 2.36. The molecule has 0 bridgehead atoms. The molecule has 0 spiro atoms. The number of morpholine rings is 1. The molecule has 0 amide bonds. The van der Waals surface area contributed by atoms with E-state index in [0.29, 0.717) is 23.1 Å². The third-order valence-electron chi connectivity index (χ3n) is 2.86. The van der Waals surface area contributed by atoms with Gasteiger partial charge >= 0.3 is 0 Å². The number of nitrogens with zero attached hydrogens (tertiary/aromatic N) is 1. The first kappa shape index (κ1) is 15.1. The van der Waals surface area contributed by atoms with Crippen LogP contribution >= 0.6 is 23.2 Å². The molecule has 7 heteroatoms. The van der Waals surface area contributed by atoms with Gasteiger partial charge in [0.2, 0.25) is 10.0 Å². The van der Waals surface area contributed by atoms with E-state index in [2.05, 4.69) is 0 Å². The molecule has 1 aromatic carbocycles. The van der Waals surface area contributed by atoms with E-state index in [1.807, 2.05) is 13.8 Å². The first-order valence-corrected chi connectivity index (χ1v) is 8.10. The second-order valence-electron chi connectivity index (χ2n) is 4.68. The van der Waals surface area contributed by atoms with Crippen LogP contribution in [0.15, 0.2) is 23.1 Å². The van der Waals surface area contributed by atoms with Gasteiger partial charge in [0.1, 0.15) is 0 Å². The van der Waals surface area contributed by atoms with Crippen LogP contribution in [-0.4, -0.2) is 38.0 Å². The summed E-state index contributed by atoms with van der Waals surface area (Å²) in [5.41, 5.74) is 0. The zero-order chi connectivity index (χ0) is 14.2. The fourth-order valence-electron chi connectivity index (χ4n) is 2.15. The maximum atomic E-state index is 12.5. The molecule has 1 aliphatic rings. The van der Waals surface area contributed by atoms with E-state index in [4.69, 9.17) is 27.9 Å². The quantitative estimate of drug-likeness (QED) is 0.840. The van der Waals surface area contributed by atoms with Gasteiger partial charge in [-0.1, -0.05) is 23.2 Å². The molecule has 1 heterocycles. The molecule has 1 fully saturated rings. The van der Waals surface area contributed by atoms with Crippen molar-refractivity contribution in [2.75, 3.05) is 13.1 Å². The molecule has 0 saturated carbocycles. The van der Waals surface area contributed by atoms with Crippen molar-refractivity contribution in [3.05, 3.63) is 28.2 Å². The summed E-state index contributed by atoms with van der Waals surface area (Å²) in [7, 11) is -3.59. The van der Waals surface area contributed by atoms with Gasteiger partial charge in [-0.3, -0.25) is 0 Å². The SMILES string of the molecule is CC1CN(S(=O)(=O)c2cc(Cl)cc(Cl)c2)CC(C)O1. The van der Waals surface area contributed by atoms with Gasteiger partial charge in [-0.2, -0.15) is 4.31 Å². The Labute approximate surface area is 123 Å². The monoisotopic (exact) mass is 323 g/mol. The minimum Gasteiger partial charge on any atom is -0.373 e. The second kappa shape index (κ2) is 5.58. The summed E-state index contributed by atoms with van der Waals surface area (Å²) >= 11 is 11.7. The van der Waals surface area contributed by atoms with E-state index in [1.165, 1.54) is 22.5 Å². The lowest BCUT2D eigenvalue weighted by molar-refractivity contribution is -0.0440. The molecule has 2 atom stereocenters. The fourth-order valence-corrected chi connectivity index (χ4v) is 4.47. The van der Waals surface area contributed by atoms with Gasteiger partial charge in [0.05, 0.1) is 17.1 Å². The smallest absolute Gasteiger partial charge is 0.243 e. The Hall–Kier alpha value is -0.330. The van der Waals surface area contributed by atoms with Crippen LogP contribution < -0.4 is 0 Å². The van der Waals surface area contributed by atoms with Gasteiger partial charge in [0.25, 0.3) is 0 Å². The standard InChI is InChI=1S/C12H15Cl2NO3S/c1-8-6-15(7-9(2)18-8)19(16,17)12-4-10(13)3-11(14)5-12/h3-5,8-9H,6-7H2,1-2H3. The zero-order valence-corrected chi connectivity index (χ0v) is 13.0. The van der Waals surface area contributed by atoms with Gasteiger partial charge in [-0.15, -0.1) is 0 Å². The van der Waals surface area contributed by atoms with E-state index in [9.17, 15) is 8.42 Å². The van der Waals surface area contributed by atoms with E-state index < -0.39 is 10.0 Å². The Morgan fingerprint density at radius 2 is 1.58 bits per heavy atom. The highest BCUT2D eigenvalue weighted by atomic mass is 35.5. The summed E-state index contributed by atoms with van der Waals surface area (Å²) < 4.78 is 32.0. The molecule has 1 aliphatic heterocycles. The topological polar surface area (TPSA) is 46.6 Å². The number of hydrogen-bond acceptors (Lipinski definition) is 3. The lowest BCUT2D eigenvalue weighted by atomic mass is 10.3. The molecular formula is C12H15Cl2NO3S. The molecule has 4 nitrogen and oxygen atoms in total. The van der Waals surface area contributed by atoms with Crippen molar-refractivity contribution in [1.82, 2.24) is 4.31 Å². The highest BCUT2D eigenvalue weighted by Crippen LogP contribution is 2.26. The molecule has 0 radical (unpaired) electrons. The van der Waals surface area contributed by atoms with Gasteiger partial charge in [0.15, 0.2) is 0 Å². The summed E-state index contributed by atoms with van der Waals surface area (Å²) in [5.74, 6) is 0. The average Bonchev–Trinajstić information content (AvgIpc) is 2.26. The van der Waals surface area contributed by atoms with E-state index in [1.54, 1.807) is 0 Å². The van der Waals surface area contributed by atoms with E-state index in [-0.39, 0.29) is 17.1 Å². The Kier molecular flexibility index (Phi) is 4.42. The Morgan fingerprint density at radius 3 is 2.05 bits per heavy atom. The van der Waals surface area contributed by atoms with Crippen molar-refractivity contribution < 1.29 is 13.2 Å². The molecule has 2 rings (SSSR count). The van der Waals surface area contributed by atoms with Crippen LogP contribution in [0.25, 0.3) is 0 Å². The minimum atomic E-state index is -3.59. The molecule has 19 heavy (non-hydrogen) atoms. The first-order valence-electron chi connectivity index (χ1n) is 5.91. The first-order chi connectivity index (χ1) is 8.79. The summed E-state index contributed by atoms with van der Waals surface area (Å²) in [4.78, 5) is 0.117. The predicted molar refractivity (Wildman–Crippen MR) is 75.2 cm³/mol. The predicted octanol–water partition coefficient (Wildman–Crippen LogP) is 2.79. The number of halogens is 2. The normalized spacial score (nSPS) is 25.5. The summed E-state index contributed by atoms with van der Waals surface area (Å²) in [6.45, 7) is 4.36. The van der Waals surface area contributed by atoms with Crippen molar-refractivity contribution in [1.29, 1.82) is 0 Å². The molecule has 0 aliphatic carbocycles. The zero-order valence-electron chi connectivity index (χ0n) is 10.6. The van der Waals surface area contributed by atoms with E-state index >= 15 is 0 Å². The number of sulfonamides is 1. The van der Waals surface area contributed by atoms with Crippen LogP contribution in [0.1, 0.15) is 13.8 Å². The molecule has 0 N–H and O–H groups in total. The van der Waals surface area contributed by atoms with Crippen LogP contribution in [0.5, 0.6) is 0 Å². The van der Waals surface area contributed by atoms with Crippen molar-refractivity contribution in [2.24, 2.45) is 0 Å². The third kappa shape index (κ3) is 3.41. The van der Waals surface area contributed by atoms with Crippen molar-refractivity contribution in [3.8, 4) is 0 Å². The van der Waals surface area contributed by atoms with Gasteiger partial charge < -0.3 is 4.74 Å².